The first-order valence-corrected chi connectivity index (χ1v) is 9.68. The summed E-state index contributed by atoms with van der Waals surface area (Å²) in [5.74, 6) is -1.08. The molecule has 7 nitrogen and oxygen atoms in total. The van der Waals surface area contributed by atoms with E-state index in [1.807, 2.05) is 0 Å². The van der Waals surface area contributed by atoms with Crippen LogP contribution in [0.4, 0.5) is 0 Å². The Morgan fingerprint density at radius 1 is 1.12 bits per heavy atom. The maximum absolute atomic E-state index is 12.4. The Balaban J connectivity index is 1.95. The molecule has 0 unspecified atom stereocenters. The van der Waals surface area contributed by atoms with Crippen molar-refractivity contribution in [3.63, 3.8) is 0 Å². The third-order valence-electron chi connectivity index (χ3n) is 4.13. The lowest BCUT2D eigenvalue weighted by Gasteiger charge is -2.21. The maximum Gasteiger partial charge on any atom is 0.335 e. The van der Waals surface area contributed by atoms with Gasteiger partial charge in [0.1, 0.15) is 0 Å². The van der Waals surface area contributed by atoms with Gasteiger partial charge in [-0.2, -0.15) is 0 Å². The van der Waals surface area contributed by atoms with Crippen LogP contribution in [0.2, 0.25) is 0 Å². The summed E-state index contributed by atoms with van der Waals surface area (Å²) in [6.07, 6.45) is 2.34. The normalized spacial score (nSPS) is 16.6. The van der Waals surface area contributed by atoms with Crippen LogP contribution in [0.5, 0.6) is 0 Å². The van der Waals surface area contributed by atoms with Gasteiger partial charge in [0.2, 0.25) is 15.9 Å². The fourth-order valence-corrected chi connectivity index (χ4v) is 3.70. The second-order valence-corrected chi connectivity index (χ2v) is 7.84. The molecule has 0 aromatic heterocycles. The van der Waals surface area contributed by atoms with Crippen molar-refractivity contribution < 1.29 is 23.1 Å². The number of nitrogens with zero attached hydrogens (tertiary/aromatic N) is 2. The molecule has 1 saturated heterocycles. The zero-order valence-electron chi connectivity index (χ0n) is 13.6. The number of rotatable bonds is 5. The van der Waals surface area contributed by atoms with Crippen molar-refractivity contribution in [2.45, 2.75) is 19.3 Å². The van der Waals surface area contributed by atoms with Crippen LogP contribution in [0, 0.1) is 0 Å². The summed E-state index contributed by atoms with van der Waals surface area (Å²) in [5.41, 5.74) is 0.843. The summed E-state index contributed by atoms with van der Waals surface area (Å²) >= 11 is 0. The number of aromatic carboxylic acids is 1. The Kier molecular flexibility index (Phi) is 5.95. The summed E-state index contributed by atoms with van der Waals surface area (Å²) in [5, 5.41) is 9.16. The van der Waals surface area contributed by atoms with Crippen LogP contribution >= 0.6 is 0 Å². The molecule has 0 atom stereocenters. The van der Waals surface area contributed by atoms with Crippen molar-refractivity contribution in [1.29, 1.82) is 0 Å². The lowest BCUT2D eigenvalue weighted by molar-refractivity contribution is -0.131. The summed E-state index contributed by atoms with van der Waals surface area (Å²) in [6.45, 7) is 1.61. The average molecular weight is 354 g/mol. The molecule has 1 N–H and O–H groups in total. The Bertz CT molecular complexity index is 717. The van der Waals surface area contributed by atoms with Gasteiger partial charge in [0, 0.05) is 32.6 Å². The van der Waals surface area contributed by atoms with Gasteiger partial charge in [-0.15, -0.1) is 0 Å². The number of amides is 1. The molecule has 1 fully saturated rings. The summed E-state index contributed by atoms with van der Waals surface area (Å²) in [7, 11) is -3.24. The number of carbonyl (C=O) groups is 2. The van der Waals surface area contributed by atoms with Crippen molar-refractivity contribution in [3.8, 4) is 0 Å². The number of benzene rings is 1. The molecule has 0 saturated carbocycles. The number of carboxylic acid groups (broad SMARTS) is 1. The molecular formula is C16H22N2O5S. The summed E-state index contributed by atoms with van der Waals surface area (Å²) < 4.78 is 24.6. The summed E-state index contributed by atoms with van der Waals surface area (Å²) in [4.78, 5) is 25.2. The van der Waals surface area contributed by atoms with E-state index in [1.54, 1.807) is 23.1 Å². The zero-order valence-corrected chi connectivity index (χ0v) is 14.5. The first kappa shape index (κ1) is 18.4. The Morgan fingerprint density at radius 3 is 2.50 bits per heavy atom. The Labute approximate surface area is 141 Å². The number of hydrogen-bond acceptors (Lipinski definition) is 4. The average Bonchev–Trinajstić information content (AvgIpc) is 2.78. The van der Waals surface area contributed by atoms with E-state index in [1.165, 1.54) is 16.6 Å². The van der Waals surface area contributed by atoms with E-state index in [4.69, 9.17) is 5.11 Å². The van der Waals surface area contributed by atoms with Gasteiger partial charge in [0.15, 0.2) is 0 Å². The Morgan fingerprint density at radius 2 is 1.83 bits per heavy atom. The van der Waals surface area contributed by atoms with Crippen molar-refractivity contribution in [2.75, 3.05) is 32.4 Å². The van der Waals surface area contributed by atoms with E-state index in [0.29, 0.717) is 44.6 Å². The molecule has 24 heavy (non-hydrogen) atoms. The van der Waals surface area contributed by atoms with Crippen LogP contribution in [0.1, 0.15) is 28.8 Å². The monoisotopic (exact) mass is 354 g/mol. The van der Waals surface area contributed by atoms with Crippen LogP contribution in [0.3, 0.4) is 0 Å². The largest absolute Gasteiger partial charge is 0.478 e. The van der Waals surface area contributed by atoms with Gasteiger partial charge in [-0.05, 0) is 24.5 Å². The number of carbonyl (C=O) groups excluding carboxylic acids is 1. The smallest absolute Gasteiger partial charge is 0.335 e. The minimum Gasteiger partial charge on any atom is -0.478 e. The molecule has 1 aromatic rings. The molecule has 0 radical (unpaired) electrons. The van der Waals surface area contributed by atoms with Gasteiger partial charge in [0.25, 0.3) is 0 Å². The number of aryl methyl sites for hydroxylation is 1. The maximum atomic E-state index is 12.4. The third-order valence-corrected chi connectivity index (χ3v) is 5.44. The second kappa shape index (κ2) is 7.76. The van der Waals surface area contributed by atoms with Gasteiger partial charge in [-0.25, -0.2) is 17.5 Å². The van der Waals surface area contributed by atoms with E-state index >= 15 is 0 Å². The SMILES string of the molecule is CS(=O)(=O)N1CCCN(C(=O)CCc2ccccc2C(=O)O)CC1. The molecule has 0 bridgehead atoms. The third kappa shape index (κ3) is 4.78. The van der Waals surface area contributed by atoms with Gasteiger partial charge in [-0.3, -0.25) is 4.79 Å². The molecule has 1 aliphatic heterocycles. The number of hydrogen-bond donors (Lipinski definition) is 1. The molecule has 1 heterocycles. The quantitative estimate of drug-likeness (QED) is 0.844. The Hall–Kier alpha value is -1.93. The molecule has 1 aliphatic rings. The zero-order chi connectivity index (χ0) is 17.7. The molecule has 2 rings (SSSR count). The summed E-state index contributed by atoms with van der Waals surface area (Å²) in [6, 6.07) is 6.65. The number of sulfonamides is 1. The van der Waals surface area contributed by atoms with Gasteiger partial charge in [0.05, 0.1) is 11.8 Å². The molecule has 1 amide bonds. The highest BCUT2D eigenvalue weighted by atomic mass is 32.2. The fourth-order valence-electron chi connectivity index (χ4n) is 2.82. The van der Waals surface area contributed by atoms with Crippen LogP contribution in [0.15, 0.2) is 24.3 Å². The molecule has 0 spiro atoms. The van der Waals surface area contributed by atoms with E-state index in [-0.39, 0.29) is 17.9 Å². The lowest BCUT2D eigenvalue weighted by atomic mass is 10.0. The highest BCUT2D eigenvalue weighted by molar-refractivity contribution is 7.88. The fraction of sp³-hybridized carbons (Fsp3) is 0.500. The van der Waals surface area contributed by atoms with Gasteiger partial charge >= 0.3 is 5.97 Å². The standard InChI is InChI=1S/C16H22N2O5S/c1-24(22,23)18-10-4-9-17(11-12-18)15(19)8-7-13-5-2-3-6-14(13)16(20)21/h2-3,5-6H,4,7-12H2,1H3,(H,20,21). The van der Waals surface area contributed by atoms with Gasteiger partial charge < -0.3 is 10.0 Å². The lowest BCUT2D eigenvalue weighted by Crippen LogP contribution is -2.37. The van der Waals surface area contributed by atoms with Crippen LogP contribution < -0.4 is 0 Å². The van der Waals surface area contributed by atoms with E-state index in [2.05, 4.69) is 0 Å². The van der Waals surface area contributed by atoms with Crippen LogP contribution in [0.25, 0.3) is 0 Å². The van der Waals surface area contributed by atoms with E-state index in [0.717, 1.165) is 0 Å². The molecule has 0 aliphatic carbocycles. The van der Waals surface area contributed by atoms with E-state index in [9.17, 15) is 18.0 Å². The minimum atomic E-state index is -3.24. The van der Waals surface area contributed by atoms with Crippen LogP contribution in [-0.4, -0.2) is 67.0 Å². The first-order valence-electron chi connectivity index (χ1n) is 7.83. The molecule has 132 valence electrons. The van der Waals surface area contributed by atoms with Gasteiger partial charge in [-0.1, -0.05) is 18.2 Å². The molecule has 8 heteroatoms. The van der Waals surface area contributed by atoms with Crippen molar-refractivity contribution >= 4 is 21.9 Å². The second-order valence-electron chi connectivity index (χ2n) is 5.86. The minimum absolute atomic E-state index is 0.0782. The number of carboxylic acids is 1. The van der Waals surface area contributed by atoms with E-state index < -0.39 is 16.0 Å². The van der Waals surface area contributed by atoms with Crippen LogP contribution in [-0.2, 0) is 21.2 Å². The predicted molar refractivity (Wildman–Crippen MR) is 89.3 cm³/mol. The highest BCUT2D eigenvalue weighted by Crippen LogP contribution is 2.13. The van der Waals surface area contributed by atoms with Crippen molar-refractivity contribution in [3.05, 3.63) is 35.4 Å². The first-order chi connectivity index (χ1) is 11.3. The highest BCUT2D eigenvalue weighted by Gasteiger charge is 2.23. The van der Waals surface area contributed by atoms with Crippen molar-refractivity contribution in [1.82, 2.24) is 9.21 Å². The van der Waals surface area contributed by atoms with Crippen molar-refractivity contribution in [2.24, 2.45) is 0 Å². The topological polar surface area (TPSA) is 95.0 Å². The predicted octanol–water partition coefficient (Wildman–Crippen LogP) is 0.811. The molecule has 1 aromatic carbocycles. The molecular weight excluding hydrogens is 332 g/mol.